The van der Waals surface area contributed by atoms with Gasteiger partial charge in [-0.1, -0.05) is 28.1 Å². The van der Waals surface area contributed by atoms with E-state index in [-0.39, 0.29) is 11.6 Å². The number of rotatable bonds is 0. The summed E-state index contributed by atoms with van der Waals surface area (Å²) in [4.78, 5) is 0. The summed E-state index contributed by atoms with van der Waals surface area (Å²) < 4.78 is 13.9. The maximum absolute atomic E-state index is 13.2. The number of phenols is 1. The van der Waals surface area contributed by atoms with Gasteiger partial charge in [-0.3, -0.25) is 0 Å². The first-order chi connectivity index (χ1) is 6.20. The van der Waals surface area contributed by atoms with E-state index >= 15 is 0 Å². The highest BCUT2D eigenvalue weighted by molar-refractivity contribution is 9.10. The van der Waals surface area contributed by atoms with Crippen LogP contribution < -0.4 is 0 Å². The second-order valence-corrected chi connectivity index (χ2v) is 3.58. The number of benzene rings is 2. The molecular weight excluding hydrogens is 235 g/mol. The molecule has 1 N–H and O–H groups in total. The van der Waals surface area contributed by atoms with Crippen molar-refractivity contribution in [3.05, 3.63) is 40.6 Å². The summed E-state index contributed by atoms with van der Waals surface area (Å²) in [7, 11) is 0. The summed E-state index contributed by atoms with van der Waals surface area (Å²) in [5.41, 5.74) is 0. The van der Waals surface area contributed by atoms with Gasteiger partial charge in [-0.25, -0.2) is 4.39 Å². The molecule has 0 aromatic heterocycles. The monoisotopic (exact) mass is 240 g/mol. The van der Waals surface area contributed by atoms with Gasteiger partial charge in [0.25, 0.3) is 0 Å². The third-order valence-electron chi connectivity index (χ3n) is 1.91. The summed E-state index contributed by atoms with van der Waals surface area (Å²) >= 11 is 3.26. The Morgan fingerprint density at radius 2 is 1.92 bits per heavy atom. The molecule has 2 aromatic carbocycles. The zero-order valence-corrected chi connectivity index (χ0v) is 8.18. The molecule has 0 atom stereocenters. The fourth-order valence-electron chi connectivity index (χ4n) is 1.31. The van der Waals surface area contributed by atoms with Crippen LogP contribution in [0.3, 0.4) is 0 Å². The smallest absolute Gasteiger partial charge is 0.131 e. The van der Waals surface area contributed by atoms with Crippen molar-refractivity contribution in [1.82, 2.24) is 0 Å². The third kappa shape index (κ3) is 1.29. The van der Waals surface area contributed by atoms with Gasteiger partial charge in [-0.2, -0.15) is 0 Å². The number of aromatic hydroxyl groups is 1. The Morgan fingerprint density at radius 1 is 1.15 bits per heavy atom. The molecule has 0 fully saturated rings. The van der Waals surface area contributed by atoms with Crippen LogP contribution in [0.4, 0.5) is 4.39 Å². The van der Waals surface area contributed by atoms with E-state index in [1.165, 1.54) is 12.1 Å². The molecule has 2 aromatic rings. The van der Waals surface area contributed by atoms with Crippen LogP contribution in [0.15, 0.2) is 34.8 Å². The molecule has 0 bridgehead atoms. The molecule has 0 unspecified atom stereocenters. The first kappa shape index (κ1) is 8.51. The molecule has 0 aliphatic carbocycles. The molecule has 2 rings (SSSR count). The van der Waals surface area contributed by atoms with Crippen LogP contribution in [-0.2, 0) is 0 Å². The molecule has 0 saturated heterocycles. The van der Waals surface area contributed by atoms with E-state index < -0.39 is 0 Å². The van der Waals surface area contributed by atoms with Crippen LogP contribution in [-0.4, -0.2) is 5.11 Å². The van der Waals surface area contributed by atoms with Gasteiger partial charge in [0, 0.05) is 15.2 Å². The van der Waals surface area contributed by atoms with Gasteiger partial charge in [0.1, 0.15) is 11.6 Å². The zero-order valence-electron chi connectivity index (χ0n) is 6.59. The van der Waals surface area contributed by atoms with E-state index in [0.717, 1.165) is 0 Å². The molecule has 0 spiro atoms. The molecule has 0 aliphatic rings. The Bertz CT molecular complexity index is 459. The average molecular weight is 241 g/mol. The minimum atomic E-state index is -0.325. The van der Waals surface area contributed by atoms with E-state index in [4.69, 9.17) is 0 Å². The van der Waals surface area contributed by atoms with Gasteiger partial charge in [0.15, 0.2) is 0 Å². The van der Waals surface area contributed by atoms with Gasteiger partial charge in [-0.15, -0.1) is 0 Å². The van der Waals surface area contributed by atoms with Crippen molar-refractivity contribution in [2.75, 3.05) is 0 Å². The van der Waals surface area contributed by atoms with Gasteiger partial charge >= 0.3 is 0 Å². The first-order valence-corrected chi connectivity index (χ1v) is 4.55. The molecule has 13 heavy (non-hydrogen) atoms. The minimum Gasteiger partial charge on any atom is -0.507 e. The number of halogens is 2. The van der Waals surface area contributed by atoms with Crippen LogP contribution in [0.25, 0.3) is 10.8 Å². The largest absolute Gasteiger partial charge is 0.507 e. The van der Waals surface area contributed by atoms with Gasteiger partial charge in [0.2, 0.25) is 0 Å². The van der Waals surface area contributed by atoms with E-state index in [1.54, 1.807) is 18.2 Å². The Labute approximate surface area is 82.9 Å². The van der Waals surface area contributed by atoms with E-state index in [1.807, 2.05) is 0 Å². The fourth-order valence-corrected chi connectivity index (χ4v) is 1.86. The minimum absolute atomic E-state index is 0.0869. The lowest BCUT2D eigenvalue weighted by Crippen LogP contribution is -1.80. The molecule has 66 valence electrons. The highest BCUT2D eigenvalue weighted by Crippen LogP contribution is 2.32. The maximum Gasteiger partial charge on any atom is 0.131 e. The van der Waals surface area contributed by atoms with Gasteiger partial charge in [-0.05, 0) is 18.2 Å². The summed E-state index contributed by atoms with van der Waals surface area (Å²) in [5.74, 6) is -0.238. The first-order valence-electron chi connectivity index (χ1n) is 3.76. The third-order valence-corrected chi connectivity index (χ3v) is 2.58. The molecule has 0 amide bonds. The van der Waals surface area contributed by atoms with Crippen molar-refractivity contribution in [3.63, 3.8) is 0 Å². The number of phenolic OH excluding ortho intramolecular Hbond substituents is 1. The Morgan fingerprint density at radius 3 is 2.62 bits per heavy atom. The van der Waals surface area contributed by atoms with Crippen LogP contribution >= 0.6 is 15.9 Å². The predicted molar refractivity (Wildman–Crippen MR) is 53.3 cm³/mol. The van der Waals surface area contributed by atoms with E-state index in [2.05, 4.69) is 15.9 Å². The number of hydrogen-bond acceptors (Lipinski definition) is 1. The second kappa shape index (κ2) is 3.00. The van der Waals surface area contributed by atoms with Crippen LogP contribution in [0.5, 0.6) is 5.75 Å². The van der Waals surface area contributed by atoms with Gasteiger partial charge < -0.3 is 5.11 Å². The lowest BCUT2D eigenvalue weighted by atomic mass is 10.1. The summed E-state index contributed by atoms with van der Waals surface area (Å²) in [6.07, 6.45) is 0. The van der Waals surface area contributed by atoms with Crippen molar-refractivity contribution >= 4 is 26.7 Å². The Balaban J connectivity index is 3.00. The molecule has 3 heteroatoms. The topological polar surface area (TPSA) is 20.2 Å². The molecular formula is C10H6BrFO. The molecule has 1 nitrogen and oxygen atoms in total. The standard InChI is InChI=1S/C10H6BrFO/c11-7-4-5-8(12)6-2-1-3-9(13)10(6)7/h1-5,13H. The van der Waals surface area contributed by atoms with Crippen molar-refractivity contribution in [3.8, 4) is 5.75 Å². The SMILES string of the molecule is Oc1cccc2c(F)ccc(Br)c12. The lowest BCUT2D eigenvalue weighted by molar-refractivity contribution is 0.481. The summed E-state index contributed by atoms with van der Waals surface area (Å²) in [5, 5.41) is 10.4. The highest BCUT2D eigenvalue weighted by atomic mass is 79.9. The Hall–Kier alpha value is -1.09. The molecule has 0 saturated carbocycles. The molecule has 0 heterocycles. The van der Waals surface area contributed by atoms with Crippen molar-refractivity contribution in [1.29, 1.82) is 0 Å². The highest BCUT2D eigenvalue weighted by Gasteiger charge is 2.06. The van der Waals surface area contributed by atoms with E-state index in [0.29, 0.717) is 15.2 Å². The number of hydrogen-bond donors (Lipinski definition) is 1. The lowest BCUT2D eigenvalue weighted by Gasteiger charge is -2.03. The van der Waals surface area contributed by atoms with Crippen molar-refractivity contribution in [2.45, 2.75) is 0 Å². The normalized spacial score (nSPS) is 10.6. The van der Waals surface area contributed by atoms with Crippen molar-refractivity contribution in [2.24, 2.45) is 0 Å². The van der Waals surface area contributed by atoms with Crippen LogP contribution in [0.2, 0.25) is 0 Å². The number of fused-ring (bicyclic) bond motifs is 1. The van der Waals surface area contributed by atoms with Gasteiger partial charge in [0.05, 0.1) is 0 Å². The molecule has 0 aliphatic heterocycles. The average Bonchev–Trinajstić information content (AvgIpc) is 2.12. The fraction of sp³-hybridized carbons (Fsp3) is 0. The summed E-state index contributed by atoms with van der Waals surface area (Å²) in [6, 6.07) is 7.73. The van der Waals surface area contributed by atoms with Crippen LogP contribution in [0, 0.1) is 5.82 Å². The Kier molecular flexibility index (Phi) is 1.96. The second-order valence-electron chi connectivity index (χ2n) is 2.73. The zero-order chi connectivity index (χ0) is 9.42. The van der Waals surface area contributed by atoms with E-state index in [9.17, 15) is 9.50 Å². The molecule has 0 radical (unpaired) electrons. The predicted octanol–water partition coefficient (Wildman–Crippen LogP) is 3.45. The maximum atomic E-state index is 13.2. The summed E-state index contributed by atoms with van der Waals surface area (Å²) in [6.45, 7) is 0. The quantitative estimate of drug-likeness (QED) is 0.748. The van der Waals surface area contributed by atoms with Crippen molar-refractivity contribution < 1.29 is 9.50 Å². The van der Waals surface area contributed by atoms with Crippen LogP contribution in [0.1, 0.15) is 0 Å².